The zero-order valence-electron chi connectivity index (χ0n) is 52.8. The van der Waals surface area contributed by atoms with E-state index in [0.717, 1.165) is 103 Å². The highest BCUT2D eigenvalue weighted by Gasteiger charge is 2.19. The third-order valence-corrected chi connectivity index (χ3v) is 14.8. The molecule has 0 aromatic heterocycles. The first-order valence-corrected chi connectivity index (χ1v) is 34.2. The van der Waals surface area contributed by atoms with Gasteiger partial charge in [-0.2, -0.15) is 0 Å². The fourth-order valence-electron chi connectivity index (χ4n) is 9.78. The Balaban J connectivity index is 4.09. The smallest absolute Gasteiger partial charge is 0.306 e. The number of ether oxygens (including phenoxy) is 3. The number of carbonyl (C=O) groups is 3. The Morgan fingerprint density at radius 1 is 0.263 bits per heavy atom. The molecule has 1 unspecified atom stereocenters. The van der Waals surface area contributed by atoms with E-state index in [2.05, 4.69) is 118 Å². The van der Waals surface area contributed by atoms with E-state index in [1.165, 1.54) is 186 Å². The average Bonchev–Trinajstić information content (AvgIpc) is 3.46. The Morgan fingerprint density at radius 2 is 0.487 bits per heavy atom. The van der Waals surface area contributed by atoms with Gasteiger partial charge in [-0.3, -0.25) is 14.4 Å². The van der Waals surface area contributed by atoms with E-state index in [4.69, 9.17) is 14.2 Å². The molecule has 0 aliphatic carbocycles. The fourth-order valence-corrected chi connectivity index (χ4v) is 9.78. The number of esters is 3. The van der Waals surface area contributed by atoms with Crippen LogP contribution in [0, 0.1) is 0 Å². The lowest BCUT2D eigenvalue weighted by Crippen LogP contribution is -2.30. The van der Waals surface area contributed by atoms with Gasteiger partial charge in [-0.1, -0.05) is 317 Å². The summed E-state index contributed by atoms with van der Waals surface area (Å²) in [5.41, 5.74) is 0. The normalized spacial score (nSPS) is 12.7. The van der Waals surface area contributed by atoms with Crippen LogP contribution in [0.2, 0.25) is 0 Å². The van der Waals surface area contributed by atoms with Gasteiger partial charge in [0.2, 0.25) is 0 Å². The molecule has 0 N–H and O–H groups in total. The summed E-state index contributed by atoms with van der Waals surface area (Å²) in [6, 6.07) is 0. The molecule has 0 heterocycles. The van der Waals surface area contributed by atoms with Crippen molar-refractivity contribution in [2.75, 3.05) is 13.2 Å². The highest BCUT2D eigenvalue weighted by Crippen LogP contribution is 2.18. The van der Waals surface area contributed by atoms with Crippen molar-refractivity contribution < 1.29 is 28.6 Å². The maximum atomic E-state index is 12.9. The minimum atomic E-state index is -0.796. The van der Waals surface area contributed by atoms with Crippen molar-refractivity contribution in [1.82, 2.24) is 0 Å². The molecule has 0 aromatic carbocycles. The van der Waals surface area contributed by atoms with E-state index in [0.29, 0.717) is 19.3 Å². The molecule has 0 fully saturated rings. The van der Waals surface area contributed by atoms with Gasteiger partial charge < -0.3 is 14.2 Å². The van der Waals surface area contributed by atoms with E-state index in [1.807, 2.05) is 0 Å². The molecule has 0 aliphatic rings. The molecule has 6 heteroatoms. The molecule has 80 heavy (non-hydrogen) atoms. The summed E-state index contributed by atoms with van der Waals surface area (Å²) in [5.74, 6) is -0.916. The second kappa shape index (κ2) is 67.8. The first-order chi connectivity index (χ1) is 39.5. The van der Waals surface area contributed by atoms with Gasteiger partial charge in [0, 0.05) is 19.3 Å². The molecule has 0 aromatic rings. The molecule has 0 spiro atoms. The first-order valence-electron chi connectivity index (χ1n) is 34.2. The number of carbonyl (C=O) groups excluding carboxylic acids is 3. The van der Waals surface area contributed by atoms with Gasteiger partial charge >= 0.3 is 17.9 Å². The second-order valence-electron chi connectivity index (χ2n) is 22.7. The van der Waals surface area contributed by atoms with Crippen molar-refractivity contribution in [3.05, 3.63) is 97.2 Å². The summed E-state index contributed by atoms with van der Waals surface area (Å²) >= 11 is 0. The standard InChI is InChI=1S/C74H128O6/c1-4-7-10-13-16-19-22-25-27-28-29-30-31-32-33-34-35-36-37-38-39-40-41-42-43-44-45-46-48-49-52-55-58-61-64-67-73(76)79-70-71(69-78-72(75)66-63-60-57-54-51-24-21-18-15-12-9-6-3)80-74(77)68-65-62-59-56-53-50-47-26-23-20-17-14-11-8-5-2/h7-8,10-11,16-17,19-20,25-27,29-30,47,53,56,71H,4-6,9,12-15,18,21-24,28,31-46,48-52,54-55,57-70H2,1-3H3/b10-7-,11-8-,19-16-,20-17-,27-25-,30-29-,47-26-,56-53-. The third kappa shape index (κ3) is 65.1. The lowest BCUT2D eigenvalue weighted by molar-refractivity contribution is -0.167. The van der Waals surface area contributed by atoms with E-state index in [-0.39, 0.29) is 37.5 Å². The predicted molar refractivity (Wildman–Crippen MR) is 348 cm³/mol. The number of rotatable bonds is 62. The third-order valence-electron chi connectivity index (χ3n) is 14.8. The molecule has 0 aliphatic heterocycles. The van der Waals surface area contributed by atoms with Crippen LogP contribution in [-0.4, -0.2) is 37.2 Å². The lowest BCUT2D eigenvalue weighted by Gasteiger charge is -2.18. The summed E-state index contributed by atoms with van der Waals surface area (Å²) in [7, 11) is 0. The zero-order valence-corrected chi connectivity index (χ0v) is 52.8. The monoisotopic (exact) mass is 1110 g/mol. The molecule has 460 valence electrons. The SMILES string of the molecule is CC/C=C\C/C=C\C/C=C\C/C=C\CCCCCCCCCCCCCCCCCCCCCCCCC(=O)OCC(COC(=O)CCCCCCCCCCCCCC)OC(=O)CCCC/C=C\C/C=C\C/C=C\C/C=C\CC. The highest BCUT2D eigenvalue weighted by molar-refractivity contribution is 5.71. The van der Waals surface area contributed by atoms with Crippen LogP contribution in [0.15, 0.2) is 97.2 Å². The Kier molecular flexibility index (Phi) is 64.7. The molecule has 0 amide bonds. The van der Waals surface area contributed by atoms with Crippen molar-refractivity contribution in [1.29, 1.82) is 0 Å². The molecular formula is C74H128O6. The highest BCUT2D eigenvalue weighted by atomic mass is 16.6. The Morgan fingerprint density at radius 3 is 0.787 bits per heavy atom. The van der Waals surface area contributed by atoms with E-state index >= 15 is 0 Å². The Bertz CT molecular complexity index is 1560. The Labute approximate surface area is 496 Å². The molecule has 0 bridgehead atoms. The van der Waals surface area contributed by atoms with Crippen LogP contribution in [0.1, 0.15) is 335 Å². The van der Waals surface area contributed by atoms with Crippen molar-refractivity contribution in [2.45, 2.75) is 341 Å². The van der Waals surface area contributed by atoms with Gasteiger partial charge in [-0.05, 0) is 96.3 Å². The van der Waals surface area contributed by atoms with E-state index < -0.39 is 6.10 Å². The molecular weight excluding hydrogens is 985 g/mol. The van der Waals surface area contributed by atoms with Crippen LogP contribution in [0.25, 0.3) is 0 Å². The molecule has 0 rings (SSSR count). The van der Waals surface area contributed by atoms with Gasteiger partial charge in [0.25, 0.3) is 0 Å². The molecule has 0 radical (unpaired) electrons. The van der Waals surface area contributed by atoms with Crippen molar-refractivity contribution in [3.63, 3.8) is 0 Å². The lowest BCUT2D eigenvalue weighted by atomic mass is 10.0. The van der Waals surface area contributed by atoms with Crippen LogP contribution in [0.4, 0.5) is 0 Å². The topological polar surface area (TPSA) is 78.9 Å². The average molecular weight is 1110 g/mol. The zero-order chi connectivity index (χ0) is 57.8. The Hall–Kier alpha value is -3.67. The number of hydrogen-bond donors (Lipinski definition) is 0. The van der Waals surface area contributed by atoms with Gasteiger partial charge in [-0.15, -0.1) is 0 Å². The van der Waals surface area contributed by atoms with Crippen molar-refractivity contribution in [2.24, 2.45) is 0 Å². The first kappa shape index (κ1) is 76.3. The van der Waals surface area contributed by atoms with Gasteiger partial charge in [0.1, 0.15) is 13.2 Å². The van der Waals surface area contributed by atoms with Gasteiger partial charge in [0.15, 0.2) is 6.10 Å². The van der Waals surface area contributed by atoms with Crippen LogP contribution >= 0.6 is 0 Å². The van der Waals surface area contributed by atoms with Crippen LogP contribution in [0.5, 0.6) is 0 Å². The molecule has 0 saturated heterocycles. The van der Waals surface area contributed by atoms with Crippen molar-refractivity contribution in [3.8, 4) is 0 Å². The molecule has 6 nitrogen and oxygen atoms in total. The van der Waals surface area contributed by atoms with Crippen molar-refractivity contribution >= 4 is 17.9 Å². The number of allylic oxidation sites excluding steroid dienone is 16. The van der Waals surface area contributed by atoms with Gasteiger partial charge in [0.05, 0.1) is 0 Å². The molecule has 1 atom stereocenters. The number of hydrogen-bond acceptors (Lipinski definition) is 6. The summed E-state index contributed by atoms with van der Waals surface area (Å²) in [4.78, 5) is 38.2. The van der Waals surface area contributed by atoms with Crippen LogP contribution in [0.3, 0.4) is 0 Å². The summed E-state index contributed by atoms with van der Waals surface area (Å²) in [6.07, 6.45) is 91.7. The minimum Gasteiger partial charge on any atom is -0.462 e. The summed E-state index contributed by atoms with van der Waals surface area (Å²) in [5, 5.41) is 0. The van der Waals surface area contributed by atoms with Crippen LogP contribution < -0.4 is 0 Å². The van der Waals surface area contributed by atoms with Crippen LogP contribution in [-0.2, 0) is 28.6 Å². The summed E-state index contributed by atoms with van der Waals surface area (Å²) in [6.45, 7) is 6.41. The predicted octanol–water partition coefficient (Wildman–Crippen LogP) is 23.6. The maximum Gasteiger partial charge on any atom is 0.306 e. The second-order valence-corrected chi connectivity index (χ2v) is 22.7. The van der Waals surface area contributed by atoms with E-state index in [9.17, 15) is 14.4 Å². The fraction of sp³-hybridized carbons (Fsp3) is 0.743. The van der Waals surface area contributed by atoms with Gasteiger partial charge in [-0.25, -0.2) is 0 Å². The maximum absolute atomic E-state index is 12.9. The van der Waals surface area contributed by atoms with E-state index in [1.54, 1.807) is 0 Å². The minimum absolute atomic E-state index is 0.0889. The quantitative estimate of drug-likeness (QED) is 0.0261. The molecule has 0 saturated carbocycles. The summed E-state index contributed by atoms with van der Waals surface area (Å²) < 4.78 is 16.9. The number of unbranched alkanes of at least 4 members (excludes halogenated alkanes) is 35. The largest absolute Gasteiger partial charge is 0.462 e.